The van der Waals surface area contributed by atoms with Gasteiger partial charge in [0.15, 0.2) is 5.78 Å². The molecular formula is C10H13N3O. The van der Waals surface area contributed by atoms with E-state index in [1.807, 2.05) is 0 Å². The van der Waals surface area contributed by atoms with Crippen molar-refractivity contribution in [2.24, 2.45) is 24.8 Å². The Kier molecular flexibility index (Phi) is 1.54. The van der Waals surface area contributed by atoms with Crippen molar-refractivity contribution in [3.63, 3.8) is 0 Å². The van der Waals surface area contributed by atoms with Gasteiger partial charge in [0.2, 0.25) is 0 Å². The molecule has 0 saturated heterocycles. The molecular weight excluding hydrogens is 178 g/mol. The topological polar surface area (TPSA) is 47.8 Å². The zero-order valence-electron chi connectivity index (χ0n) is 8.18. The lowest BCUT2D eigenvalue weighted by Crippen LogP contribution is -2.16. The number of hydrogen-bond acceptors (Lipinski definition) is 3. The van der Waals surface area contributed by atoms with Crippen LogP contribution >= 0.6 is 0 Å². The lowest BCUT2D eigenvalue weighted by Gasteiger charge is -2.09. The van der Waals surface area contributed by atoms with Crippen molar-refractivity contribution in [2.75, 3.05) is 0 Å². The van der Waals surface area contributed by atoms with Gasteiger partial charge in [-0.15, -0.1) is 5.10 Å². The van der Waals surface area contributed by atoms with E-state index < -0.39 is 0 Å². The van der Waals surface area contributed by atoms with Crippen molar-refractivity contribution in [1.29, 1.82) is 0 Å². The fraction of sp³-hybridized carbons (Fsp3) is 0.700. The zero-order valence-corrected chi connectivity index (χ0v) is 8.18. The van der Waals surface area contributed by atoms with Gasteiger partial charge in [-0.1, -0.05) is 5.21 Å². The van der Waals surface area contributed by atoms with E-state index in [-0.39, 0.29) is 11.7 Å². The molecule has 3 rings (SSSR count). The van der Waals surface area contributed by atoms with Gasteiger partial charge in [0, 0.05) is 13.0 Å². The molecule has 4 heteroatoms. The van der Waals surface area contributed by atoms with Gasteiger partial charge in [-0.2, -0.15) is 0 Å². The Bertz CT molecular complexity index is 374. The van der Waals surface area contributed by atoms with Crippen molar-refractivity contribution in [2.45, 2.75) is 19.3 Å². The Balaban J connectivity index is 1.79. The molecule has 0 amide bonds. The second-order valence-electron chi connectivity index (χ2n) is 4.53. The normalized spacial score (nSPS) is 34.2. The van der Waals surface area contributed by atoms with E-state index >= 15 is 0 Å². The zero-order chi connectivity index (χ0) is 9.71. The van der Waals surface area contributed by atoms with E-state index in [1.165, 1.54) is 6.42 Å². The molecule has 0 aliphatic heterocycles. The van der Waals surface area contributed by atoms with Crippen molar-refractivity contribution in [3.8, 4) is 0 Å². The van der Waals surface area contributed by atoms with Gasteiger partial charge in [-0.3, -0.25) is 4.79 Å². The molecule has 74 valence electrons. The van der Waals surface area contributed by atoms with Gasteiger partial charge in [0.25, 0.3) is 0 Å². The molecule has 2 unspecified atom stereocenters. The lowest BCUT2D eigenvalue weighted by molar-refractivity contribution is 0.0904. The predicted molar refractivity (Wildman–Crippen MR) is 49.7 cm³/mol. The summed E-state index contributed by atoms with van der Waals surface area (Å²) in [5, 5.41) is 7.52. The second-order valence-corrected chi connectivity index (χ2v) is 4.53. The first-order chi connectivity index (χ1) is 6.75. The molecule has 0 bridgehead atoms. The first-order valence-electron chi connectivity index (χ1n) is 5.14. The van der Waals surface area contributed by atoms with Gasteiger partial charge in [-0.05, 0) is 31.1 Å². The summed E-state index contributed by atoms with van der Waals surface area (Å²) in [6, 6.07) is 0. The van der Waals surface area contributed by atoms with Gasteiger partial charge >= 0.3 is 0 Å². The van der Waals surface area contributed by atoms with Crippen LogP contribution in [0.3, 0.4) is 0 Å². The minimum Gasteiger partial charge on any atom is -0.292 e. The molecule has 14 heavy (non-hydrogen) atoms. The van der Waals surface area contributed by atoms with E-state index in [2.05, 4.69) is 10.3 Å². The molecule has 0 radical (unpaired) electrons. The number of carbonyl (C=O) groups is 1. The summed E-state index contributed by atoms with van der Waals surface area (Å²) >= 11 is 0. The van der Waals surface area contributed by atoms with Crippen LogP contribution in [0, 0.1) is 17.8 Å². The number of ketones is 1. The predicted octanol–water partition coefficient (Wildman–Crippen LogP) is 1.04. The molecule has 2 aliphatic rings. The summed E-state index contributed by atoms with van der Waals surface area (Å²) in [6.45, 7) is 0. The van der Waals surface area contributed by atoms with Crippen LogP contribution < -0.4 is 0 Å². The highest BCUT2D eigenvalue weighted by Crippen LogP contribution is 2.54. The highest BCUT2D eigenvalue weighted by atomic mass is 16.1. The van der Waals surface area contributed by atoms with E-state index in [1.54, 1.807) is 17.9 Å². The average Bonchev–Trinajstić information content (AvgIpc) is 2.64. The van der Waals surface area contributed by atoms with Crippen LogP contribution in [-0.4, -0.2) is 20.8 Å². The molecule has 1 aromatic heterocycles. The SMILES string of the molecule is Cn1nncc1C(=O)C1CC2CC2C1. The number of hydrogen-bond donors (Lipinski definition) is 0. The smallest absolute Gasteiger partial charge is 0.185 e. The maximum absolute atomic E-state index is 12.0. The number of rotatable bonds is 2. The molecule has 1 aromatic rings. The highest BCUT2D eigenvalue weighted by Gasteiger charge is 2.48. The number of carbonyl (C=O) groups excluding carboxylic acids is 1. The van der Waals surface area contributed by atoms with E-state index in [0.717, 1.165) is 24.7 Å². The van der Waals surface area contributed by atoms with Crippen molar-refractivity contribution >= 4 is 5.78 Å². The second kappa shape index (κ2) is 2.65. The van der Waals surface area contributed by atoms with Crippen LogP contribution in [0.4, 0.5) is 0 Å². The van der Waals surface area contributed by atoms with Crippen molar-refractivity contribution < 1.29 is 4.79 Å². The molecule has 0 aromatic carbocycles. The largest absolute Gasteiger partial charge is 0.292 e. The maximum atomic E-state index is 12.0. The standard InChI is InChI=1S/C10H13N3O/c1-13-9(5-11-12-13)10(14)8-3-6-2-7(6)4-8/h5-8H,2-4H2,1H3. The third-order valence-corrected chi connectivity index (χ3v) is 3.58. The fourth-order valence-electron chi connectivity index (χ4n) is 2.65. The summed E-state index contributed by atoms with van der Waals surface area (Å²) in [4.78, 5) is 12.0. The number of nitrogens with zero attached hydrogens (tertiary/aromatic N) is 3. The summed E-state index contributed by atoms with van der Waals surface area (Å²) in [6.07, 6.45) is 5.11. The minimum atomic E-state index is 0.240. The Hall–Kier alpha value is -1.19. The van der Waals surface area contributed by atoms with Gasteiger partial charge in [-0.25, -0.2) is 4.68 Å². The number of aromatic nitrogens is 3. The van der Waals surface area contributed by atoms with Gasteiger partial charge in [0.05, 0.1) is 6.20 Å². The van der Waals surface area contributed by atoms with Crippen LogP contribution in [0.25, 0.3) is 0 Å². The Morgan fingerprint density at radius 2 is 2.14 bits per heavy atom. The van der Waals surface area contributed by atoms with Crippen LogP contribution in [0.2, 0.25) is 0 Å². The van der Waals surface area contributed by atoms with Crippen LogP contribution in [0.1, 0.15) is 29.8 Å². The molecule has 0 N–H and O–H groups in total. The fourth-order valence-corrected chi connectivity index (χ4v) is 2.65. The number of aryl methyl sites for hydroxylation is 1. The molecule has 2 saturated carbocycles. The summed E-state index contributed by atoms with van der Waals surface area (Å²) < 4.78 is 1.58. The Labute approximate surface area is 82.3 Å². The summed E-state index contributed by atoms with van der Waals surface area (Å²) in [5.41, 5.74) is 0.663. The highest BCUT2D eigenvalue weighted by molar-refractivity contribution is 5.96. The Morgan fingerprint density at radius 3 is 2.71 bits per heavy atom. The first kappa shape index (κ1) is 8.15. The van der Waals surface area contributed by atoms with Crippen molar-refractivity contribution in [3.05, 3.63) is 11.9 Å². The number of fused-ring (bicyclic) bond motifs is 1. The third-order valence-electron chi connectivity index (χ3n) is 3.58. The Morgan fingerprint density at radius 1 is 1.43 bits per heavy atom. The summed E-state index contributed by atoms with van der Waals surface area (Å²) in [5.74, 6) is 2.19. The third kappa shape index (κ3) is 1.10. The average molecular weight is 191 g/mol. The maximum Gasteiger partial charge on any atom is 0.185 e. The minimum absolute atomic E-state index is 0.240. The molecule has 1 heterocycles. The van der Waals surface area contributed by atoms with E-state index in [0.29, 0.717) is 5.69 Å². The molecule has 2 fully saturated rings. The molecule has 2 aliphatic carbocycles. The lowest BCUT2D eigenvalue weighted by atomic mass is 9.96. The molecule has 4 nitrogen and oxygen atoms in total. The van der Waals surface area contributed by atoms with Crippen LogP contribution in [0.15, 0.2) is 6.20 Å². The molecule has 2 atom stereocenters. The quantitative estimate of drug-likeness (QED) is 0.656. The monoisotopic (exact) mass is 191 g/mol. The first-order valence-corrected chi connectivity index (χ1v) is 5.14. The van der Waals surface area contributed by atoms with Crippen molar-refractivity contribution in [1.82, 2.24) is 15.0 Å². The van der Waals surface area contributed by atoms with Gasteiger partial charge < -0.3 is 0 Å². The van der Waals surface area contributed by atoms with E-state index in [4.69, 9.17) is 0 Å². The molecule has 0 spiro atoms. The number of Topliss-reactive ketones (excluding diaryl/α,β-unsaturated/α-hetero) is 1. The van der Waals surface area contributed by atoms with E-state index in [9.17, 15) is 4.79 Å². The van der Waals surface area contributed by atoms with Crippen LogP contribution in [0.5, 0.6) is 0 Å². The van der Waals surface area contributed by atoms with Gasteiger partial charge in [0.1, 0.15) is 5.69 Å². The summed E-state index contributed by atoms with van der Waals surface area (Å²) in [7, 11) is 1.77. The van der Waals surface area contributed by atoms with Crippen LogP contribution in [-0.2, 0) is 7.05 Å².